The van der Waals surface area contributed by atoms with Gasteiger partial charge in [0.15, 0.2) is 0 Å². The Morgan fingerprint density at radius 2 is 2.05 bits per heavy atom. The molecule has 21 heavy (non-hydrogen) atoms. The largest absolute Gasteiger partial charge is 0.497 e. The zero-order valence-corrected chi connectivity index (χ0v) is 13.6. The standard InChI is InChI=1S/C15H23NO4S/c1-19-12-6-7-15(20-2)13(11-12)14-5-4-8-16(14)9-10-21(3,17)18/h6-7,11,14H,4-5,8-10H2,1-3H3/t14-/m0/s1. The van der Waals surface area contributed by atoms with E-state index < -0.39 is 9.84 Å². The average molecular weight is 313 g/mol. The van der Waals surface area contributed by atoms with E-state index in [2.05, 4.69) is 4.90 Å². The first kappa shape index (κ1) is 16.1. The van der Waals surface area contributed by atoms with Crippen LogP contribution in [0.25, 0.3) is 0 Å². The highest BCUT2D eigenvalue weighted by atomic mass is 32.2. The molecular formula is C15H23NO4S. The van der Waals surface area contributed by atoms with Crippen molar-refractivity contribution in [1.29, 1.82) is 0 Å². The third kappa shape index (κ3) is 4.11. The van der Waals surface area contributed by atoms with E-state index in [-0.39, 0.29) is 11.8 Å². The first-order chi connectivity index (χ1) is 9.94. The van der Waals surface area contributed by atoms with Crippen molar-refractivity contribution in [2.24, 2.45) is 0 Å². The van der Waals surface area contributed by atoms with Gasteiger partial charge in [0.05, 0.1) is 20.0 Å². The molecule has 1 saturated heterocycles. The van der Waals surface area contributed by atoms with Crippen molar-refractivity contribution >= 4 is 9.84 Å². The van der Waals surface area contributed by atoms with Crippen molar-refractivity contribution < 1.29 is 17.9 Å². The summed E-state index contributed by atoms with van der Waals surface area (Å²) in [6, 6.07) is 5.96. The smallest absolute Gasteiger partial charge is 0.148 e. The van der Waals surface area contributed by atoms with Gasteiger partial charge in [-0.1, -0.05) is 0 Å². The molecule has 0 aliphatic carbocycles. The Kier molecular flexibility index (Phi) is 5.11. The number of sulfone groups is 1. The third-order valence-corrected chi connectivity index (χ3v) is 4.83. The molecular weight excluding hydrogens is 290 g/mol. The van der Waals surface area contributed by atoms with Crippen molar-refractivity contribution in [2.45, 2.75) is 18.9 Å². The van der Waals surface area contributed by atoms with Gasteiger partial charge >= 0.3 is 0 Å². The number of benzene rings is 1. The highest BCUT2D eigenvalue weighted by Gasteiger charge is 2.29. The van der Waals surface area contributed by atoms with Crippen molar-refractivity contribution in [1.82, 2.24) is 4.90 Å². The zero-order chi connectivity index (χ0) is 15.5. The van der Waals surface area contributed by atoms with E-state index in [0.717, 1.165) is 36.4 Å². The number of likely N-dealkylation sites (tertiary alicyclic amines) is 1. The molecule has 1 aromatic rings. The minimum absolute atomic E-state index is 0.190. The Morgan fingerprint density at radius 1 is 1.29 bits per heavy atom. The number of rotatable bonds is 6. The van der Waals surface area contributed by atoms with Crippen molar-refractivity contribution in [3.63, 3.8) is 0 Å². The van der Waals surface area contributed by atoms with E-state index in [1.54, 1.807) is 14.2 Å². The summed E-state index contributed by atoms with van der Waals surface area (Å²) >= 11 is 0. The number of methoxy groups -OCH3 is 2. The molecule has 0 spiro atoms. The summed E-state index contributed by atoms with van der Waals surface area (Å²) in [4.78, 5) is 2.22. The summed E-state index contributed by atoms with van der Waals surface area (Å²) in [6.45, 7) is 1.48. The maximum absolute atomic E-state index is 11.4. The summed E-state index contributed by atoms with van der Waals surface area (Å²) in [5, 5.41) is 0. The Bertz CT molecular complexity index is 585. The summed E-state index contributed by atoms with van der Waals surface area (Å²) in [5.41, 5.74) is 1.07. The molecule has 0 radical (unpaired) electrons. The second-order valence-corrected chi connectivity index (χ2v) is 7.69. The number of nitrogens with zero attached hydrogens (tertiary/aromatic N) is 1. The molecule has 0 N–H and O–H groups in total. The predicted molar refractivity (Wildman–Crippen MR) is 82.8 cm³/mol. The minimum Gasteiger partial charge on any atom is -0.497 e. The molecule has 1 aliphatic rings. The van der Waals surface area contributed by atoms with Gasteiger partial charge in [0.25, 0.3) is 0 Å². The van der Waals surface area contributed by atoms with Crippen molar-refractivity contribution in [2.75, 3.05) is 39.3 Å². The van der Waals surface area contributed by atoms with Gasteiger partial charge in [-0.25, -0.2) is 8.42 Å². The molecule has 2 rings (SSSR count). The Hall–Kier alpha value is -1.27. The molecule has 118 valence electrons. The normalized spacial score (nSPS) is 19.7. The molecule has 6 heteroatoms. The van der Waals surface area contributed by atoms with Gasteiger partial charge < -0.3 is 9.47 Å². The third-order valence-electron chi connectivity index (χ3n) is 3.91. The SMILES string of the molecule is COc1ccc(OC)c([C@@H]2CCCN2CCS(C)(=O)=O)c1. The zero-order valence-electron chi connectivity index (χ0n) is 12.8. The molecule has 1 fully saturated rings. The fourth-order valence-electron chi connectivity index (χ4n) is 2.83. The van der Waals surface area contributed by atoms with Crippen LogP contribution < -0.4 is 9.47 Å². The number of hydrogen-bond acceptors (Lipinski definition) is 5. The first-order valence-electron chi connectivity index (χ1n) is 7.08. The van der Waals surface area contributed by atoms with Crippen LogP contribution in [0.3, 0.4) is 0 Å². The van der Waals surface area contributed by atoms with Crippen molar-refractivity contribution in [3.8, 4) is 11.5 Å². The maximum atomic E-state index is 11.4. The minimum atomic E-state index is -2.94. The van der Waals surface area contributed by atoms with Gasteiger partial charge in [0, 0.05) is 24.4 Å². The van der Waals surface area contributed by atoms with E-state index >= 15 is 0 Å². The summed E-state index contributed by atoms with van der Waals surface area (Å²) in [7, 11) is 0.351. The number of hydrogen-bond donors (Lipinski definition) is 0. The fraction of sp³-hybridized carbons (Fsp3) is 0.600. The lowest BCUT2D eigenvalue weighted by molar-refractivity contribution is 0.264. The monoisotopic (exact) mass is 313 g/mol. The van der Waals surface area contributed by atoms with E-state index in [0.29, 0.717) is 6.54 Å². The molecule has 5 nitrogen and oxygen atoms in total. The highest BCUT2D eigenvalue weighted by Crippen LogP contribution is 2.38. The topological polar surface area (TPSA) is 55.8 Å². The van der Waals surface area contributed by atoms with Crippen LogP contribution in [0.2, 0.25) is 0 Å². The fourth-order valence-corrected chi connectivity index (χ4v) is 3.40. The molecule has 0 unspecified atom stereocenters. The lowest BCUT2D eigenvalue weighted by Gasteiger charge is -2.26. The molecule has 0 saturated carbocycles. The van der Waals surface area contributed by atoms with Crippen LogP contribution in [0, 0.1) is 0 Å². The Labute approximate surface area is 126 Å². The van der Waals surface area contributed by atoms with Crippen LogP contribution in [0.5, 0.6) is 11.5 Å². The van der Waals surface area contributed by atoms with Gasteiger partial charge in [-0.2, -0.15) is 0 Å². The van der Waals surface area contributed by atoms with Crippen LogP contribution in [0.4, 0.5) is 0 Å². The summed E-state index contributed by atoms with van der Waals surface area (Å²) < 4.78 is 33.5. The second-order valence-electron chi connectivity index (χ2n) is 5.43. The quantitative estimate of drug-likeness (QED) is 0.803. The average Bonchev–Trinajstić information content (AvgIpc) is 2.92. The van der Waals surface area contributed by atoms with Crippen molar-refractivity contribution in [3.05, 3.63) is 23.8 Å². The van der Waals surface area contributed by atoms with Crippen LogP contribution in [0.15, 0.2) is 18.2 Å². The summed E-state index contributed by atoms with van der Waals surface area (Å²) in [6.07, 6.45) is 3.35. The van der Waals surface area contributed by atoms with Crippen LogP contribution in [-0.4, -0.2) is 52.6 Å². The summed E-state index contributed by atoms with van der Waals surface area (Å²) in [5.74, 6) is 1.81. The lowest BCUT2D eigenvalue weighted by Crippen LogP contribution is -2.29. The Morgan fingerprint density at radius 3 is 2.67 bits per heavy atom. The molecule has 0 aromatic heterocycles. The maximum Gasteiger partial charge on any atom is 0.148 e. The van der Waals surface area contributed by atoms with Gasteiger partial charge in [-0.15, -0.1) is 0 Å². The first-order valence-corrected chi connectivity index (χ1v) is 9.14. The lowest BCUT2D eigenvalue weighted by atomic mass is 10.0. The molecule has 0 bridgehead atoms. The van der Waals surface area contributed by atoms with Gasteiger partial charge in [-0.05, 0) is 37.6 Å². The molecule has 1 aliphatic heterocycles. The van der Waals surface area contributed by atoms with Crippen LogP contribution in [0.1, 0.15) is 24.4 Å². The van der Waals surface area contributed by atoms with E-state index in [1.165, 1.54) is 6.26 Å². The van der Waals surface area contributed by atoms with Crippen LogP contribution in [-0.2, 0) is 9.84 Å². The predicted octanol–water partition coefficient (Wildman–Crippen LogP) is 1.89. The van der Waals surface area contributed by atoms with E-state index in [4.69, 9.17) is 9.47 Å². The van der Waals surface area contributed by atoms with Gasteiger partial charge in [0.2, 0.25) is 0 Å². The molecule has 0 amide bonds. The van der Waals surface area contributed by atoms with E-state index in [1.807, 2.05) is 18.2 Å². The van der Waals surface area contributed by atoms with Crippen LogP contribution >= 0.6 is 0 Å². The highest BCUT2D eigenvalue weighted by molar-refractivity contribution is 7.90. The van der Waals surface area contributed by atoms with Gasteiger partial charge in [-0.3, -0.25) is 4.90 Å². The molecule has 1 heterocycles. The Balaban J connectivity index is 2.22. The second kappa shape index (κ2) is 6.66. The van der Waals surface area contributed by atoms with Gasteiger partial charge in [0.1, 0.15) is 21.3 Å². The van der Waals surface area contributed by atoms with E-state index in [9.17, 15) is 8.42 Å². The molecule has 1 atom stereocenters. The molecule has 1 aromatic carbocycles. The number of ether oxygens (including phenoxy) is 2.